The van der Waals surface area contributed by atoms with Gasteiger partial charge in [-0.2, -0.15) is 0 Å². The van der Waals surface area contributed by atoms with E-state index in [0.717, 1.165) is 12.8 Å². The molecule has 2 rings (SSSR count). The lowest BCUT2D eigenvalue weighted by Gasteiger charge is -2.28. The predicted octanol–water partition coefficient (Wildman–Crippen LogP) is 1.81. The maximum Gasteiger partial charge on any atom is 0.241 e. The van der Waals surface area contributed by atoms with Crippen LogP contribution in [-0.4, -0.2) is 25.7 Å². The van der Waals surface area contributed by atoms with Gasteiger partial charge >= 0.3 is 0 Å². The molecule has 0 amide bonds. The molecule has 0 unspecified atom stereocenters. The van der Waals surface area contributed by atoms with Gasteiger partial charge in [-0.1, -0.05) is 24.4 Å². The van der Waals surface area contributed by atoms with Gasteiger partial charge in [0.25, 0.3) is 0 Å². The highest BCUT2D eigenvalue weighted by atomic mass is 35.5. The van der Waals surface area contributed by atoms with Gasteiger partial charge in [-0.15, -0.1) is 0 Å². The van der Waals surface area contributed by atoms with Crippen molar-refractivity contribution in [2.24, 2.45) is 0 Å². The molecular weight excluding hydrogens is 300 g/mol. The van der Waals surface area contributed by atoms with E-state index in [2.05, 4.69) is 4.72 Å². The molecule has 1 aliphatic rings. The maximum atomic E-state index is 12.3. The van der Waals surface area contributed by atoms with E-state index in [4.69, 9.17) is 17.3 Å². The number of hydrogen-bond acceptors (Lipinski definition) is 4. The van der Waals surface area contributed by atoms with E-state index in [0.29, 0.717) is 29.1 Å². The number of rotatable bonds is 3. The Labute approximate surface area is 124 Å². The fourth-order valence-electron chi connectivity index (χ4n) is 2.35. The molecular formula is C13H19ClN2O3S. The number of aliphatic hydroxyl groups excluding tert-OH is 1. The molecule has 1 aliphatic carbocycles. The molecule has 0 aliphatic heterocycles. The van der Waals surface area contributed by atoms with Crippen molar-refractivity contribution in [1.82, 2.24) is 4.72 Å². The zero-order valence-corrected chi connectivity index (χ0v) is 12.8. The summed E-state index contributed by atoms with van der Waals surface area (Å²) in [5, 5.41) is 10.2. The monoisotopic (exact) mass is 318 g/mol. The van der Waals surface area contributed by atoms with Crippen LogP contribution in [0.2, 0.25) is 5.02 Å². The van der Waals surface area contributed by atoms with Gasteiger partial charge in [0.15, 0.2) is 0 Å². The Bertz CT molecular complexity index is 581. The van der Waals surface area contributed by atoms with Crippen molar-refractivity contribution in [3.05, 3.63) is 22.7 Å². The summed E-state index contributed by atoms with van der Waals surface area (Å²) in [6.07, 6.45) is 2.43. The third kappa shape index (κ3) is 3.25. The van der Waals surface area contributed by atoms with Gasteiger partial charge in [0.05, 0.1) is 11.0 Å². The summed E-state index contributed by atoms with van der Waals surface area (Å²) < 4.78 is 27.2. The number of nitrogens with two attached hydrogens (primary N) is 1. The lowest BCUT2D eigenvalue weighted by Crippen LogP contribution is -2.44. The van der Waals surface area contributed by atoms with Crippen LogP contribution in [0.3, 0.4) is 0 Å². The van der Waals surface area contributed by atoms with Gasteiger partial charge in [-0.25, -0.2) is 13.1 Å². The number of halogens is 1. The lowest BCUT2D eigenvalue weighted by atomic mass is 9.93. The van der Waals surface area contributed by atoms with Gasteiger partial charge in [0.2, 0.25) is 10.0 Å². The highest BCUT2D eigenvalue weighted by Crippen LogP contribution is 2.27. The van der Waals surface area contributed by atoms with Crippen molar-refractivity contribution in [1.29, 1.82) is 0 Å². The van der Waals surface area contributed by atoms with Gasteiger partial charge in [-0.05, 0) is 37.5 Å². The number of sulfonamides is 1. The number of benzene rings is 1. The molecule has 4 N–H and O–H groups in total. The minimum absolute atomic E-state index is 0.0309. The van der Waals surface area contributed by atoms with Crippen LogP contribution in [0.25, 0.3) is 0 Å². The lowest BCUT2D eigenvalue weighted by molar-refractivity contribution is 0.101. The normalized spacial score (nSPS) is 23.8. The third-order valence-electron chi connectivity index (χ3n) is 3.70. The Kier molecular flexibility index (Phi) is 4.59. The Morgan fingerprint density at radius 3 is 2.60 bits per heavy atom. The molecule has 1 aromatic rings. The van der Waals surface area contributed by atoms with Gasteiger partial charge in [0.1, 0.15) is 0 Å². The summed E-state index contributed by atoms with van der Waals surface area (Å²) in [5.74, 6) is 0. The fourth-order valence-corrected chi connectivity index (χ4v) is 4.00. The van der Waals surface area contributed by atoms with E-state index in [9.17, 15) is 13.5 Å². The van der Waals surface area contributed by atoms with Gasteiger partial charge < -0.3 is 10.8 Å². The van der Waals surface area contributed by atoms with E-state index in [1.54, 1.807) is 6.92 Å². The number of hydrogen-bond donors (Lipinski definition) is 3. The van der Waals surface area contributed by atoms with Crippen molar-refractivity contribution < 1.29 is 13.5 Å². The number of anilines is 1. The first-order valence-electron chi connectivity index (χ1n) is 6.57. The fraction of sp³-hybridized carbons (Fsp3) is 0.538. The molecule has 1 saturated carbocycles. The molecule has 0 bridgehead atoms. The Hall–Kier alpha value is -0.820. The van der Waals surface area contributed by atoms with E-state index >= 15 is 0 Å². The molecule has 0 aromatic heterocycles. The quantitative estimate of drug-likeness (QED) is 0.741. The first-order valence-corrected chi connectivity index (χ1v) is 8.43. The summed E-state index contributed by atoms with van der Waals surface area (Å²) in [6.45, 7) is 1.73. The third-order valence-corrected chi connectivity index (χ3v) is 5.57. The second-order valence-corrected chi connectivity index (χ2v) is 7.32. The SMILES string of the molecule is Cc1c(N)cc(S(=O)(=O)N[C@@H]2CCCC[C@H]2O)cc1Cl. The minimum Gasteiger partial charge on any atom is -0.398 e. The molecule has 0 spiro atoms. The number of nitrogens with one attached hydrogen (secondary N) is 1. The zero-order chi connectivity index (χ0) is 14.9. The average molecular weight is 319 g/mol. The molecule has 0 heterocycles. The van der Waals surface area contributed by atoms with Crippen molar-refractivity contribution >= 4 is 27.3 Å². The minimum atomic E-state index is -3.73. The summed E-state index contributed by atoms with van der Waals surface area (Å²) in [7, 11) is -3.73. The summed E-state index contributed by atoms with van der Waals surface area (Å²) in [5.41, 5.74) is 6.74. The maximum absolute atomic E-state index is 12.3. The van der Waals surface area contributed by atoms with Crippen LogP contribution in [-0.2, 0) is 10.0 Å². The predicted molar refractivity (Wildman–Crippen MR) is 79.2 cm³/mol. The number of aliphatic hydroxyl groups is 1. The summed E-state index contributed by atoms with van der Waals surface area (Å²) >= 11 is 5.97. The van der Waals surface area contributed by atoms with E-state index in [1.807, 2.05) is 0 Å². The van der Waals surface area contributed by atoms with Crippen LogP contribution < -0.4 is 10.5 Å². The second-order valence-electron chi connectivity index (χ2n) is 5.20. The first kappa shape index (κ1) is 15.6. The highest BCUT2D eigenvalue weighted by molar-refractivity contribution is 7.89. The molecule has 0 radical (unpaired) electrons. The van der Waals surface area contributed by atoms with E-state index in [1.165, 1.54) is 12.1 Å². The van der Waals surface area contributed by atoms with Crippen LogP contribution in [0.4, 0.5) is 5.69 Å². The largest absolute Gasteiger partial charge is 0.398 e. The first-order chi connectivity index (χ1) is 9.31. The number of nitrogen functional groups attached to an aromatic ring is 1. The summed E-state index contributed by atoms with van der Waals surface area (Å²) in [4.78, 5) is 0.0309. The molecule has 1 aromatic carbocycles. The van der Waals surface area contributed by atoms with Gasteiger partial charge in [-0.3, -0.25) is 0 Å². The van der Waals surface area contributed by atoms with Crippen molar-refractivity contribution in [3.8, 4) is 0 Å². The molecule has 2 atom stereocenters. The standard InChI is InChI=1S/C13H19ClN2O3S/c1-8-10(14)6-9(7-11(8)15)20(18,19)16-12-4-2-3-5-13(12)17/h6-7,12-13,16-17H,2-5,15H2,1H3/t12-,13-/m1/s1. The smallest absolute Gasteiger partial charge is 0.241 e. The molecule has 0 saturated heterocycles. The second kappa shape index (κ2) is 5.89. The zero-order valence-electron chi connectivity index (χ0n) is 11.3. The van der Waals surface area contributed by atoms with Crippen LogP contribution in [0.15, 0.2) is 17.0 Å². The average Bonchev–Trinajstić information content (AvgIpc) is 2.38. The summed E-state index contributed by atoms with van der Waals surface area (Å²) in [6, 6.07) is 2.32. The van der Waals surface area contributed by atoms with Crippen LogP contribution >= 0.6 is 11.6 Å². The molecule has 7 heteroatoms. The molecule has 20 heavy (non-hydrogen) atoms. The van der Waals surface area contributed by atoms with Crippen LogP contribution in [0.5, 0.6) is 0 Å². The van der Waals surface area contributed by atoms with E-state index < -0.39 is 22.2 Å². The Balaban J connectivity index is 2.26. The van der Waals surface area contributed by atoms with Crippen LogP contribution in [0.1, 0.15) is 31.2 Å². The molecule has 5 nitrogen and oxygen atoms in total. The van der Waals surface area contributed by atoms with Crippen LogP contribution in [0, 0.1) is 6.92 Å². The Morgan fingerprint density at radius 2 is 2.00 bits per heavy atom. The van der Waals surface area contributed by atoms with Gasteiger partial charge in [0, 0.05) is 16.8 Å². The van der Waals surface area contributed by atoms with Crippen molar-refractivity contribution in [2.45, 2.75) is 49.6 Å². The highest BCUT2D eigenvalue weighted by Gasteiger charge is 2.28. The molecule has 112 valence electrons. The Morgan fingerprint density at radius 1 is 1.35 bits per heavy atom. The topological polar surface area (TPSA) is 92.4 Å². The van der Waals surface area contributed by atoms with Crippen molar-refractivity contribution in [3.63, 3.8) is 0 Å². The van der Waals surface area contributed by atoms with E-state index in [-0.39, 0.29) is 4.90 Å². The van der Waals surface area contributed by atoms with Crippen molar-refractivity contribution in [2.75, 3.05) is 5.73 Å². The molecule has 1 fully saturated rings.